The van der Waals surface area contributed by atoms with Gasteiger partial charge in [0, 0.05) is 37.4 Å². The normalized spacial score (nSPS) is 16.8. The highest BCUT2D eigenvalue weighted by Gasteiger charge is 2.36. The monoisotopic (exact) mass is 582 g/mol. The van der Waals surface area contributed by atoms with E-state index < -0.39 is 17.5 Å². The summed E-state index contributed by atoms with van der Waals surface area (Å²) in [7, 11) is 1.31. The minimum Gasteiger partial charge on any atom is -0.465 e. The zero-order valence-electron chi connectivity index (χ0n) is 24.6. The molecule has 222 valence electrons. The van der Waals surface area contributed by atoms with Gasteiger partial charge in [-0.05, 0) is 68.3 Å². The van der Waals surface area contributed by atoms with Crippen LogP contribution in [0.4, 0.5) is 16.2 Å². The van der Waals surface area contributed by atoms with Crippen molar-refractivity contribution in [3.05, 3.63) is 95.1 Å². The number of rotatable bonds is 5. The number of esters is 1. The molecule has 1 unspecified atom stereocenters. The summed E-state index contributed by atoms with van der Waals surface area (Å²) in [6.45, 7) is 7.08. The van der Waals surface area contributed by atoms with Crippen LogP contribution in [0.25, 0.3) is 0 Å². The molecule has 3 aromatic rings. The minimum atomic E-state index is -0.702. The van der Waals surface area contributed by atoms with Crippen molar-refractivity contribution in [1.29, 1.82) is 0 Å². The number of nitrogens with one attached hydrogen (secondary N) is 1. The van der Waals surface area contributed by atoms with Crippen LogP contribution in [0.2, 0.25) is 0 Å². The lowest BCUT2D eigenvalue weighted by molar-refractivity contribution is -0.115. The van der Waals surface area contributed by atoms with Gasteiger partial charge in [-0.1, -0.05) is 36.4 Å². The van der Waals surface area contributed by atoms with Crippen LogP contribution in [-0.2, 0) is 14.3 Å². The Kier molecular flexibility index (Phi) is 8.29. The number of carbonyl (C=O) groups excluding carboxylic acids is 4. The Morgan fingerprint density at radius 3 is 2.09 bits per heavy atom. The molecule has 2 heterocycles. The number of amides is 3. The highest BCUT2D eigenvalue weighted by Crippen LogP contribution is 2.37. The fourth-order valence-electron chi connectivity index (χ4n) is 5.10. The summed E-state index contributed by atoms with van der Waals surface area (Å²) in [4.78, 5) is 59.1. The summed E-state index contributed by atoms with van der Waals surface area (Å²) in [6.07, 6.45) is -0.376. The largest absolute Gasteiger partial charge is 0.465 e. The number of anilines is 1. The second-order valence-corrected chi connectivity index (χ2v) is 11.4. The Balaban J connectivity index is 1.36. The number of carbonyl (C=O) groups is 4. The first-order valence-corrected chi connectivity index (χ1v) is 14.1. The Morgan fingerprint density at radius 1 is 0.837 bits per heavy atom. The molecule has 3 amide bonds. The molecule has 0 radical (unpaired) electrons. The minimum absolute atomic E-state index is 0.131. The molecule has 1 N–H and O–H groups in total. The van der Waals surface area contributed by atoms with Crippen LogP contribution >= 0.6 is 0 Å². The third-order valence-corrected chi connectivity index (χ3v) is 7.23. The summed E-state index contributed by atoms with van der Waals surface area (Å²) in [5, 5.41) is 2.87. The van der Waals surface area contributed by atoms with Crippen molar-refractivity contribution in [3.63, 3.8) is 0 Å². The summed E-state index contributed by atoms with van der Waals surface area (Å²) in [6, 6.07) is 21.3. The predicted molar refractivity (Wildman–Crippen MR) is 162 cm³/mol. The van der Waals surface area contributed by atoms with Crippen LogP contribution in [-0.4, -0.2) is 78.3 Å². The first-order valence-electron chi connectivity index (χ1n) is 14.1. The predicted octanol–water partition coefficient (Wildman–Crippen LogP) is 5.02. The van der Waals surface area contributed by atoms with E-state index in [2.05, 4.69) is 5.32 Å². The number of nitrogens with zero attached hydrogens (tertiary/aromatic N) is 3. The van der Waals surface area contributed by atoms with Crippen molar-refractivity contribution in [2.75, 3.05) is 38.6 Å². The quantitative estimate of drug-likeness (QED) is 0.333. The van der Waals surface area contributed by atoms with Gasteiger partial charge in [0.05, 0.1) is 24.1 Å². The number of aliphatic imine (C=N–C) groups is 1. The van der Waals surface area contributed by atoms with Gasteiger partial charge in [-0.25, -0.2) is 9.59 Å². The smallest absolute Gasteiger partial charge is 0.410 e. The summed E-state index contributed by atoms with van der Waals surface area (Å²) < 4.78 is 10.3. The summed E-state index contributed by atoms with van der Waals surface area (Å²) >= 11 is 0. The number of hydrogen-bond acceptors (Lipinski definition) is 7. The lowest BCUT2D eigenvalue weighted by Gasteiger charge is -2.35. The number of piperazine rings is 1. The van der Waals surface area contributed by atoms with Crippen molar-refractivity contribution >= 4 is 41.0 Å². The van der Waals surface area contributed by atoms with Gasteiger partial charge < -0.3 is 24.6 Å². The molecule has 1 fully saturated rings. The molecule has 0 aliphatic carbocycles. The maximum Gasteiger partial charge on any atom is 0.410 e. The van der Waals surface area contributed by atoms with Crippen molar-refractivity contribution in [1.82, 2.24) is 9.80 Å². The molecule has 1 saturated heterocycles. The standard InChI is InChI=1S/C33H34N4O6/c1-33(2,3)43-32(41)37-18-16-36(17-19-37)30(39)22-10-13-24(14-11-22)34-28(21-8-6-5-7-9-21)27-25-15-12-23(31(40)42-4)20-26(25)35-29(27)38/h5-15,20,27H,16-19H2,1-4H3,(H,35,38). The van der Waals surface area contributed by atoms with Gasteiger partial charge in [0.15, 0.2) is 0 Å². The van der Waals surface area contributed by atoms with Crippen LogP contribution in [0.15, 0.2) is 77.8 Å². The van der Waals surface area contributed by atoms with E-state index in [0.717, 1.165) is 5.56 Å². The highest BCUT2D eigenvalue weighted by atomic mass is 16.6. The van der Waals surface area contributed by atoms with E-state index in [1.54, 1.807) is 52.3 Å². The molecule has 10 nitrogen and oxygen atoms in total. The van der Waals surface area contributed by atoms with E-state index in [0.29, 0.717) is 60.0 Å². The van der Waals surface area contributed by atoms with Gasteiger partial charge in [0.1, 0.15) is 11.5 Å². The van der Waals surface area contributed by atoms with Gasteiger partial charge >= 0.3 is 12.1 Å². The summed E-state index contributed by atoms with van der Waals surface area (Å²) in [5.74, 6) is -1.58. The maximum atomic E-state index is 13.2. The zero-order valence-corrected chi connectivity index (χ0v) is 24.6. The van der Waals surface area contributed by atoms with Gasteiger partial charge in [-0.15, -0.1) is 0 Å². The fourth-order valence-corrected chi connectivity index (χ4v) is 5.10. The van der Waals surface area contributed by atoms with Gasteiger partial charge in [-0.3, -0.25) is 14.6 Å². The van der Waals surface area contributed by atoms with Gasteiger partial charge in [0.25, 0.3) is 5.91 Å². The maximum absolute atomic E-state index is 13.2. The average molecular weight is 583 g/mol. The average Bonchev–Trinajstić information content (AvgIpc) is 3.33. The molecular formula is C33H34N4O6. The molecule has 0 spiro atoms. The fraction of sp³-hybridized carbons (Fsp3) is 0.303. The molecule has 3 aromatic carbocycles. The number of ether oxygens (including phenoxy) is 2. The summed E-state index contributed by atoms with van der Waals surface area (Å²) in [5.41, 5.74) is 3.41. The van der Waals surface area contributed by atoms with Crippen molar-refractivity contribution in [2.45, 2.75) is 32.3 Å². The molecule has 10 heteroatoms. The molecule has 2 aliphatic rings. The zero-order chi connectivity index (χ0) is 30.7. The van der Waals surface area contributed by atoms with Crippen LogP contribution < -0.4 is 5.32 Å². The molecule has 5 rings (SSSR count). The van der Waals surface area contributed by atoms with E-state index in [1.807, 2.05) is 51.1 Å². The molecule has 2 aliphatic heterocycles. The van der Waals surface area contributed by atoms with Crippen LogP contribution in [0, 0.1) is 0 Å². The van der Waals surface area contributed by atoms with E-state index in [-0.39, 0.29) is 17.9 Å². The third-order valence-electron chi connectivity index (χ3n) is 7.23. The molecular weight excluding hydrogens is 548 g/mol. The van der Waals surface area contributed by atoms with Crippen molar-refractivity contribution in [3.8, 4) is 0 Å². The Labute approximate surface area is 250 Å². The lowest BCUT2D eigenvalue weighted by Crippen LogP contribution is -2.51. The van der Waals surface area contributed by atoms with E-state index in [1.165, 1.54) is 7.11 Å². The number of benzene rings is 3. The Bertz CT molecular complexity index is 1570. The molecule has 0 aromatic heterocycles. The Hall–Kier alpha value is -4.99. The molecule has 0 saturated carbocycles. The van der Waals surface area contributed by atoms with Gasteiger partial charge in [0.2, 0.25) is 5.91 Å². The van der Waals surface area contributed by atoms with E-state index >= 15 is 0 Å². The number of fused-ring (bicyclic) bond motifs is 1. The lowest BCUT2D eigenvalue weighted by atomic mass is 9.90. The molecule has 0 bridgehead atoms. The van der Waals surface area contributed by atoms with Crippen LogP contribution in [0.3, 0.4) is 0 Å². The number of methoxy groups -OCH3 is 1. The third kappa shape index (κ3) is 6.58. The Morgan fingerprint density at radius 2 is 1.47 bits per heavy atom. The molecule has 1 atom stereocenters. The van der Waals surface area contributed by atoms with E-state index in [4.69, 9.17) is 14.5 Å². The first-order chi connectivity index (χ1) is 20.5. The molecule has 43 heavy (non-hydrogen) atoms. The first kappa shape index (κ1) is 29.5. The van der Waals surface area contributed by atoms with Gasteiger partial charge in [-0.2, -0.15) is 0 Å². The number of hydrogen-bond donors (Lipinski definition) is 1. The second-order valence-electron chi connectivity index (χ2n) is 11.4. The van der Waals surface area contributed by atoms with Crippen molar-refractivity contribution in [2.24, 2.45) is 4.99 Å². The van der Waals surface area contributed by atoms with Crippen LogP contribution in [0.5, 0.6) is 0 Å². The highest BCUT2D eigenvalue weighted by molar-refractivity contribution is 6.24. The topological polar surface area (TPSA) is 118 Å². The second kappa shape index (κ2) is 12.1. The van der Waals surface area contributed by atoms with Crippen LogP contribution in [0.1, 0.15) is 58.5 Å². The van der Waals surface area contributed by atoms with E-state index in [9.17, 15) is 19.2 Å². The SMILES string of the molecule is COC(=O)c1ccc2c(c1)NC(=O)C2C(=Nc1ccc(C(=O)N2CCN(C(=O)OC(C)(C)C)CC2)cc1)c1ccccc1. The van der Waals surface area contributed by atoms with Crippen molar-refractivity contribution < 1.29 is 28.7 Å².